The molecule has 2 heteroatoms. The van der Waals surface area contributed by atoms with Crippen LogP contribution in [0, 0.1) is 0 Å². The van der Waals surface area contributed by atoms with Crippen molar-refractivity contribution in [1.29, 1.82) is 0 Å². The zero-order valence-electron chi connectivity index (χ0n) is 10.1. The monoisotopic (exact) mass is 256 g/mol. The van der Waals surface area contributed by atoms with E-state index in [0.29, 0.717) is 0 Å². The summed E-state index contributed by atoms with van der Waals surface area (Å²) in [6, 6.07) is 15.1. The van der Waals surface area contributed by atoms with E-state index in [1.807, 2.05) is 60.7 Å². The fourth-order valence-electron chi connectivity index (χ4n) is 1.72. The molecule has 0 N–H and O–H groups in total. The molecule has 0 amide bonds. The average Bonchev–Trinajstić information content (AvgIpc) is 2.38. The number of hydrogen-bond acceptors (Lipinski definition) is 1. The van der Waals surface area contributed by atoms with Crippen LogP contribution in [-0.4, -0.2) is 5.78 Å². The molecule has 0 fully saturated rings. The summed E-state index contributed by atoms with van der Waals surface area (Å²) in [6.45, 7) is 1.58. The van der Waals surface area contributed by atoms with E-state index in [1.165, 1.54) is 0 Å². The summed E-state index contributed by atoms with van der Waals surface area (Å²) in [5.74, 6) is 0.0753. The molecule has 0 atom stereocenters. The van der Waals surface area contributed by atoms with E-state index in [4.69, 9.17) is 11.6 Å². The Balaban J connectivity index is 2.29. The second-order valence-corrected chi connectivity index (χ2v) is 4.46. The Morgan fingerprint density at radius 3 is 2.33 bits per heavy atom. The van der Waals surface area contributed by atoms with Crippen molar-refractivity contribution in [3.05, 3.63) is 70.2 Å². The van der Waals surface area contributed by atoms with Gasteiger partial charge >= 0.3 is 0 Å². The number of carbonyl (C=O) groups is 1. The average molecular weight is 257 g/mol. The molecule has 0 saturated carbocycles. The van der Waals surface area contributed by atoms with E-state index in [2.05, 4.69) is 0 Å². The Labute approximate surface area is 112 Å². The Morgan fingerprint density at radius 2 is 1.67 bits per heavy atom. The molecule has 0 saturated heterocycles. The van der Waals surface area contributed by atoms with Crippen molar-refractivity contribution >= 4 is 29.5 Å². The molecule has 0 aromatic heterocycles. The molecular weight excluding hydrogens is 244 g/mol. The van der Waals surface area contributed by atoms with E-state index >= 15 is 0 Å². The lowest BCUT2D eigenvalue weighted by Gasteiger charge is -2.01. The maximum Gasteiger partial charge on any atom is 0.160 e. The minimum Gasteiger partial charge on any atom is -0.294 e. The molecule has 0 aliphatic heterocycles. The van der Waals surface area contributed by atoms with Gasteiger partial charge in [-0.05, 0) is 30.2 Å². The molecule has 2 aromatic rings. The van der Waals surface area contributed by atoms with Crippen LogP contribution < -0.4 is 0 Å². The van der Waals surface area contributed by atoms with Crippen molar-refractivity contribution in [2.24, 2.45) is 0 Å². The zero-order chi connectivity index (χ0) is 13.0. The smallest absolute Gasteiger partial charge is 0.160 e. The van der Waals surface area contributed by atoms with Crippen LogP contribution >= 0.6 is 11.6 Å². The fraction of sp³-hybridized carbons (Fsp3) is 0.0625. The number of Topliss-reactive ketones (excluding diaryl/α,β-unsaturated/α-hetero) is 1. The Hall–Kier alpha value is -1.86. The number of halogens is 1. The molecule has 0 spiro atoms. The van der Waals surface area contributed by atoms with Crippen LogP contribution in [0.1, 0.15) is 28.4 Å². The van der Waals surface area contributed by atoms with Crippen LogP contribution in [0.2, 0.25) is 5.02 Å². The van der Waals surface area contributed by atoms with Crippen LogP contribution in [0.5, 0.6) is 0 Å². The first-order valence-corrected chi connectivity index (χ1v) is 6.08. The lowest BCUT2D eigenvalue weighted by molar-refractivity contribution is 0.101. The molecule has 2 rings (SSSR count). The molecule has 0 bridgehead atoms. The van der Waals surface area contributed by atoms with Crippen LogP contribution in [0.3, 0.4) is 0 Å². The van der Waals surface area contributed by atoms with E-state index in [9.17, 15) is 4.79 Å². The van der Waals surface area contributed by atoms with Crippen molar-refractivity contribution in [2.45, 2.75) is 6.92 Å². The third-order valence-electron chi connectivity index (χ3n) is 2.67. The van der Waals surface area contributed by atoms with Gasteiger partial charge in [-0.15, -0.1) is 0 Å². The molecule has 18 heavy (non-hydrogen) atoms. The molecule has 0 aliphatic carbocycles. The van der Waals surface area contributed by atoms with Crippen molar-refractivity contribution in [3.63, 3.8) is 0 Å². The first-order chi connectivity index (χ1) is 8.66. The largest absolute Gasteiger partial charge is 0.294 e. The van der Waals surface area contributed by atoms with Gasteiger partial charge in [-0.2, -0.15) is 0 Å². The van der Waals surface area contributed by atoms with Gasteiger partial charge in [-0.25, -0.2) is 0 Å². The minimum atomic E-state index is 0.0753. The minimum absolute atomic E-state index is 0.0753. The summed E-state index contributed by atoms with van der Waals surface area (Å²) >= 11 is 5.83. The van der Waals surface area contributed by atoms with E-state index < -0.39 is 0 Å². The van der Waals surface area contributed by atoms with Gasteiger partial charge in [0.2, 0.25) is 0 Å². The second kappa shape index (κ2) is 5.65. The lowest BCUT2D eigenvalue weighted by Crippen LogP contribution is -1.94. The van der Waals surface area contributed by atoms with Crippen molar-refractivity contribution in [3.8, 4) is 0 Å². The van der Waals surface area contributed by atoms with Crippen LogP contribution in [0.15, 0.2) is 48.5 Å². The highest BCUT2D eigenvalue weighted by atomic mass is 35.5. The highest BCUT2D eigenvalue weighted by Crippen LogP contribution is 2.15. The maximum absolute atomic E-state index is 11.5. The van der Waals surface area contributed by atoms with Crippen LogP contribution in [-0.2, 0) is 0 Å². The summed E-state index contributed by atoms with van der Waals surface area (Å²) in [5, 5.41) is 0.719. The second-order valence-electron chi connectivity index (χ2n) is 4.03. The molecule has 0 heterocycles. The third kappa shape index (κ3) is 3.08. The molecule has 0 radical (unpaired) electrons. The standard InChI is InChI=1S/C16H13ClO/c1-12(18)16-5-3-2-4-14(16)9-6-13-7-10-15(17)11-8-13/h2-11H,1H3/b9-6+. The van der Waals surface area contributed by atoms with Crippen molar-refractivity contribution in [1.82, 2.24) is 0 Å². The van der Waals surface area contributed by atoms with E-state index in [1.54, 1.807) is 6.92 Å². The highest BCUT2D eigenvalue weighted by molar-refractivity contribution is 6.30. The van der Waals surface area contributed by atoms with E-state index in [-0.39, 0.29) is 5.78 Å². The first kappa shape index (κ1) is 12.6. The quantitative estimate of drug-likeness (QED) is 0.574. The van der Waals surface area contributed by atoms with Gasteiger partial charge in [-0.3, -0.25) is 4.79 Å². The third-order valence-corrected chi connectivity index (χ3v) is 2.92. The van der Waals surface area contributed by atoms with Gasteiger partial charge in [0.15, 0.2) is 5.78 Å². The SMILES string of the molecule is CC(=O)c1ccccc1/C=C/c1ccc(Cl)cc1. The molecular formula is C16H13ClO. The number of rotatable bonds is 3. The van der Waals surface area contributed by atoms with Crippen LogP contribution in [0.25, 0.3) is 12.2 Å². The van der Waals surface area contributed by atoms with Gasteiger partial charge in [0.25, 0.3) is 0 Å². The van der Waals surface area contributed by atoms with Crippen LogP contribution in [0.4, 0.5) is 0 Å². The van der Waals surface area contributed by atoms with Gasteiger partial charge in [0.05, 0.1) is 0 Å². The lowest BCUT2D eigenvalue weighted by atomic mass is 10.0. The highest BCUT2D eigenvalue weighted by Gasteiger charge is 2.02. The van der Waals surface area contributed by atoms with Gasteiger partial charge in [-0.1, -0.05) is 60.2 Å². The number of hydrogen-bond donors (Lipinski definition) is 0. The Kier molecular flexibility index (Phi) is 3.96. The fourth-order valence-corrected chi connectivity index (χ4v) is 1.85. The molecule has 2 aromatic carbocycles. The number of carbonyl (C=O) groups excluding carboxylic acids is 1. The van der Waals surface area contributed by atoms with E-state index in [0.717, 1.165) is 21.7 Å². The number of benzene rings is 2. The summed E-state index contributed by atoms with van der Waals surface area (Å²) in [5.41, 5.74) is 2.72. The molecule has 1 nitrogen and oxygen atoms in total. The predicted octanol–water partition coefficient (Wildman–Crippen LogP) is 4.71. The normalized spacial score (nSPS) is 10.8. The summed E-state index contributed by atoms with van der Waals surface area (Å²) < 4.78 is 0. The maximum atomic E-state index is 11.5. The van der Waals surface area contributed by atoms with Gasteiger partial charge in [0, 0.05) is 10.6 Å². The van der Waals surface area contributed by atoms with Crippen molar-refractivity contribution < 1.29 is 4.79 Å². The van der Waals surface area contributed by atoms with Gasteiger partial charge in [0.1, 0.15) is 0 Å². The molecule has 0 unspecified atom stereocenters. The Bertz CT molecular complexity index is 582. The summed E-state index contributed by atoms with van der Waals surface area (Å²) in [6.07, 6.45) is 3.91. The molecule has 0 aliphatic rings. The zero-order valence-corrected chi connectivity index (χ0v) is 10.8. The van der Waals surface area contributed by atoms with Crippen molar-refractivity contribution in [2.75, 3.05) is 0 Å². The Morgan fingerprint density at radius 1 is 1.00 bits per heavy atom. The number of ketones is 1. The van der Waals surface area contributed by atoms with Gasteiger partial charge < -0.3 is 0 Å². The predicted molar refractivity (Wildman–Crippen MR) is 76.8 cm³/mol. The topological polar surface area (TPSA) is 17.1 Å². The summed E-state index contributed by atoms with van der Waals surface area (Å²) in [4.78, 5) is 11.5. The summed E-state index contributed by atoms with van der Waals surface area (Å²) in [7, 11) is 0. The first-order valence-electron chi connectivity index (χ1n) is 5.70. The molecule has 90 valence electrons.